The molecule has 0 aliphatic rings. The van der Waals surface area contributed by atoms with Gasteiger partial charge < -0.3 is 15.3 Å². The van der Waals surface area contributed by atoms with Crippen LogP contribution >= 0.6 is 0 Å². The molecule has 0 aromatic heterocycles. The first-order valence-corrected chi connectivity index (χ1v) is 6.20. The first-order chi connectivity index (χ1) is 8.42. The van der Waals surface area contributed by atoms with Crippen LogP contribution in [0.2, 0.25) is 0 Å². The van der Waals surface area contributed by atoms with E-state index < -0.39 is 5.97 Å². The van der Waals surface area contributed by atoms with Gasteiger partial charge in [0, 0.05) is 12.5 Å². The number of rotatable bonds is 8. The van der Waals surface area contributed by atoms with Crippen molar-refractivity contribution in [1.29, 1.82) is 0 Å². The van der Waals surface area contributed by atoms with E-state index in [2.05, 4.69) is 5.32 Å². The second kappa shape index (κ2) is 8.49. The van der Waals surface area contributed by atoms with Gasteiger partial charge in [-0.3, -0.25) is 14.4 Å². The van der Waals surface area contributed by atoms with Crippen molar-refractivity contribution in [3.05, 3.63) is 0 Å². The molecular formula is C12H22N2O4. The van der Waals surface area contributed by atoms with Gasteiger partial charge >= 0.3 is 5.97 Å². The van der Waals surface area contributed by atoms with Crippen LogP contribution in [0.15, 0.2) is 0 Å². The number of amides is 2. The van der Waals surface area contributed by atoms with Crippen molar-refractivity contribution in [1.82, 2.24) is 10.2 Å². The SMILES string of the molecule is CCCC(=O)NCC(=O)N(CC(=O)O)C(C)CC. The van der Waals surface area contributed by atoms with Crippen molar-refractivity contribution < 1.29 is 19.5 Å². The highest BCUT2D eigenvalue weighted by Gasteiger charge is 2.21. The summed E-state index contributed by atoms with van der Waals surface area (Å²) in [5.74, 6) is -1.61. The number of carbonyl (C=O) groups excluding carboxylic acids is 2. The van der Waals surface area contributed by atoms with Crippen molar-refractivity contribution in [2.45, 2.75) is 46.1 Å². The molecule has 2 amide bonds. The lowest BCUT2D eigenvalue weighted by Gasteiger charge is -2.27. The monoisotopic (exact) mass is 258 g/mol. The van der Waals surface area contributed by atoms with Gasteiger partial charge in [0.1, 0.15) is 6.54 Å². The lowest BCUT2D eigenvalue weighted by atomic mass is 10.2. The summed E-state index contributed by atoms with van der Waals surface area (Å²) in [7, 11) is 0. The fourth-order valence-corrected chi connectivity index (χ4v) is 1.45. The lowest BCUT2D eigenvalue weighted by Crippen LogP contribution is -2.46. The van der Waals surface area contributed by atoms with E-state index in [1.165, 1.54) is 4.90 Å². The van der Waals surface area contributed by atoms with E-state index in [9.17, 15) is 14.4 Å². The first kappa shape index (κ1) is 16.4. The summed E-state index contributed by atoms with van der Waals surface area (Å²) in [5, 5.41) is 11.3. The maximum absolute atomic E-state index is 11.8. The number of carbonyl (C=O) groups is 3. The molecule has 6 heteroatoms. The highest BCUT2D eigenvalue weighted by molar-refractivity contribution is 5.86. The summed E-state index contributed by atoms with van der Waals surface area (Å²) in [6, 6.07) is -0.156. The molecule has 0 aliphatic carbocycles. The molecular weight excluding hydrogens is 236 g/mol. The van der Waals surface area contributed by atoms with Gasteiger partial charge in [0.15, 0.2) is 0 Å². The molecule has 0 fully saturated rings. The van der Waals surface area contributed by atoms with Crippen molar-refractivity contribution in [3.8, 4) is 0 Å². The van der Waals surface area contributed by atoms with E-state index in [0.717, 1.165) is 0 Å². The molecule has 0 rings (SSSR count). The zero-order valence-electron chi connectivity index (χ0n) is 11.2. The van der Waals surface area contributed by atoms with E-state index in [4.69, 9.17) is 5.11 Å². The normalized spacial score (nSPS) is 11.7. The number of nitrogens with zero attached hydrogens (tertiary/aromatic N) is 1. The molecule has 6 nitrogen and oxygen atoms in total. The highest BCUT2D eigenvalue weighted by Crippen LogP contribution is 2.03. The Hall–Kier alpha value is -1.59. The highest BCUT2D eigenvalue weighted by atomic mass is 16.4. The van der Waals surface area contributed by atoms with Crippen LogP contribution < -0.4 is 5.32 Å². The van der Waals surface area contributed by atoms with Crippen molar-refractivity contribution in [3.63, 3.8) is 0 Å². The minimum absolute atomic E-state index is 0.142. The Labute approximate surface area is 107 Å². The van der Waals surface area contributed by atoms with Gasteiger partial charge in [-0.2, -0.15) is 0 Å². The van der Waals surface area contributed by atoms with E-state index in [-0.39, 0.29) is 30.9 Å². The topological polar surface area (TPSA) is 86.7 Å². The average molecular weight is 258 g/mol. The lowest BCUT2D eigenvalue weighted by molar-refractivity contribution is -0.145. The molecule has 2 N–H and O–H groups in total. The average Bonchev–Trinajstić information content (AvgIpc) is 2.32. The third-order valence-electron chi connectivity index (χ3n) is 2.66. The van der Waals surface area contributed by atoms with Crippen LogP contribution in [0, 0.1) is 0 Å². The Morgan fingerprint density at radius 1 is 1.28 bits per heavy atom. The summed E-state index contributed by atoms with van der Waals surface area (Å²) in [4.78, 5) is 35.0. The van der Waals surface area contributed by atoms with Crippen LogP contribution in [0.4, 0.5) is 0 Å². The van der Waals surface area contributed by atoms with Crippen LogP contribution in [0.25, 0.3) is 0 Å². The van der Waals surface area contributed by atoms with E-state index in [0.29, 0.717) is 19.3 Å². The van der Waals surface area contributed by atoms with Crippen molar-refractivity contribution >= 4 is 17.8 Å². The molecule has 0 aromatic carbocycles. The smallest absolute Gasteiger partial charge is 0.323 e. The first-order valence-electron chi connectivity index (χ1n) is 6.20. The molecule has 0 saturated carbocycles. The molecule has 0 spiro atoms. The quantitative estimate of drug-likeness (QED) is 0.668. The molecule has 0 bridgehead atoms. The van der Waals surface area contributed by atoms with Crippen molar-refractivity contribution in [2.24, 2.45) is 0 Å². The predicted octanol–water partition coefficient (Wildman–Crippen LogP) is 0.614. The Morgan fingerprint density at radius 3 is 2.33 bits per heavy atom. The van der Waals surface area contributed by atoms with E-state index in [1.807, 2.05) is 13.8 Å². The zero-order valence-corrected chi connectivity index (χ0v) is 11.2. The second-order valence-electron chi connectivity index (χ2n) is 4.20. The van der Waals surface area contributed by atoms with Gasteiger partial charge in [0.05, 0.1) is 6.54 Å². The Morgan fingerprint density at radius 2 is 1.89 bits per heavy atom. The number of carboxylic acid groups (broad SMARTS) is 1. The van der Waals surface area contributed by atoms with Gasteiger partial charge in [0.25, 0.3) is 0 Å². The standard InChI is InChI=1S/C12H22N2O4/c1-4-6-10(15)13-7-11(16)14(8-12(17)18)9(3)5-2/h9H,4-8H2,1-3H3,(H,13,15)(H,17,18). The molecule has 0 saturated heterocycles. The minimum Gasteiger partial charge on any atom is -0.480 e. The Bertz CT molecular complexity index is 304. The van der Waals surface area contributed by atoms with Gasteiger partial charge in [-0.1, -0.05) is 13.8 Å². The summed E-state index contributed by atoms with van der Waals surface area (Å²) >= 11 is 0. The van der Waals surface area contributed by atoms with Crippen LogP contribution in [-0.4, -0.2) is 46.9 Å². The van der Waals surface area contributed by atoms with Crippen molar-refractivity contribution in [2.75, 3.05) is 13.1 Å². The number of hydrogen-bond acceptors (Lipinski definition) is 3. The third kappa shape index (κ3) is 6.22. The van der Waals surface area contributed by atoms with Crippen LogP contribution in [-0.2, 0) is 14.4 Å². The number of aliphatic carboxylic acids is 1. The molecule has 0 radical (unpaired) electrons. The maximum atomic E-state index is 11.8. The van der Waals surface area contributed by atoms with Gasteiger partial charge in [0.2, 0.25) is 11.8 Å². The molecule has 0 aliphatic heterocycles. The molecule has 0 aromatic rings. The fraction of sp³-hybridized carbons (Fsp3) is 0.750. The van der Waals surface area contributed by atoms with Crippen LogP contribution in [0.3, 0.4) is 0 Å². The minimum atomic E-state index is -1.05. The largest absolute Gasteiger partial charge is 0.480 e. The zero-order chi connectivity index (χ0) is 14.1. The van der Waals surface area contributed by atoms with Gasteiger partial charge in [-0.25, -0.2) is 0 Å². The summed E-state index contributed by atoms with van der Waals surface area (Å²) in [5.41, 5.74) is 0. The number of nitrogens with one attached hydrogen (secondary N) is 1. The number of carboxylic acids is 1. The molecule has 18 heavy (non-hydrogen) atoms. The predicted molar refractivity (Wildman–Crippen MR) is 67.0 cm³/mol. The summed E-state index contributed by atoms with van der Waals surface area (Å²) in [6.45, 7) is 5.06. The van der Waals surface area contributed by atoms with Crippen LogP contribution in [0.1, 0.15) is 40.0 Å². The molecule has 1 unspecified atom stereocenters. The number of hydrogen-bond donors (Lipinski definition) is 2. The Kier molecular flexibility index (Phi) is 7.74. The molecule has 0 heterocycles. The summed E-state index contributed by atoms with van der Waals surface area (Å²) < 4.78 is 0. The molecule has 1 atom stereocenters. The second-order valence-corrected chi connectivity index (χ2v) is 4.20. The molecule has 104 valence electrons. The third-order valence-corrected chi connectivity index (χ3v) is 2.66. The van der Waals surface area contributed by atoms with Gasteiger partial charge in [-0.05, 0) is 19.8 Å². The summed E-state index contributed by atoms with van der Waals surface area (Å²) in [6.07, 6.45) is 1.75. The Balaban J connectivity index is 4.38. The van der Waals surface area contributed by atoms with E-state index in [1.54, 1.807) is 6.92 Å². The van der Waals surface area contributed by atoms with Gasteiger partial charge in [-0.15, -0.1) is 0 Å². The fourth-order valence-electron chi connectivity index (χ4n) is 1.45. The maximum Gasteiger partial charge on any atom is 0.323 e. The van der Waals surface area contributed by atoms with Crippen LogP contribution in [0.5, 0.6) is 0 Å². The van der Waals surface area contributed by atoms with E-state index >= 15 is 0 Å².